The van der Waals surface area contributed by atoms with Gasteiger partial charge in [0.05, 0.1) is 21.9 Å². The molecule has 2 rings (SSSR count). The molecular weight excluding hydrogens is 261 g/mol. The second-order valence-corrected chi connectivity index (χ2v) is 4.21. The Bertz CT molecular complexity index is 723. The van der Waals surface area contributed by atoms with Crippen LogP contribution in [0.15, 0.2) is 36.4 Å². The summed E-state index contributed by atoms with van der Waals surface area (Å²) >= 11 is 0. The first-order valence-corrected chi connectivity index (χ1v) is 5.73. The van der Waals surface area contributed by atoms with Gasteiger partial charge < -0.3 is 5.32 Å². The number of nitriles is 1. The van der Waals surface area contributed by atoms with Crippen LogP contribution in [0.2, 0.25) is 0 Å². The van der Waals surface area contributed by atoms with Crippen molar-refractivity contribution in [1.29, 1.82) is 5.26 Å². The van der Waals surface area contributed by atoms with Crippen molar-refractivity contribution in [2.75, 3.05) is 5.32 Å². The van der Waals surface area contributed by atoms with Crippen molar-refractivity contribution >= 4 is 17.1 Å². The van der Waals surface area contributed by atoms with Gasteiger partial charge in [0.15, 0.2) is 0 Å². The number of benzene rings is 2. The highest BCUT2D eigenvalue weighted by Gasteiger charge is 2.12. The van der Waals surface area contributed by atoms with Gasteiger partial charge in [0, 0.05) is 12.1 Å². The SMILES string of the molecule is Cc1ccc(Nc2ccc([N+](=O)[O-])cc2C#N)c(F)c1. The first kappa shape index (κ1) is 13.5. The zero-order valence-corrected chi connectivity index (χ0v) is 10.6. The predicted molar refractivity (Wildman–Crippen MR) is 72.2 cm³/mol. The van der Waals surface area contributed by atoms with E-state index >= 15 is 0 Å². The number of hydrogen-bond donors (Lipinski definition) is 1. The lowest BCUT2D eigenvalue weighted by Gasteiger charge is -2.09. The molecule has 20 heavy (non-hydrogen) atoms. The average molecular weight is 271 g/mol. The number of anilines is 2. The average Bonchev–Trinajstić information content (AvgIpc) is 2.42. The second kappa shape index (κ2) is 5.36. The Labute approximate surface area is 114 Å². The van der Waals surface area contributed by atoms with E-state index in [1.807, 2.05) is 6.07 Å². The molecule has 2 aromatic rings. The summed E-state index contributed by atoms with van der Waals surface area (Å²) in [6.07, 6.45) is 0. The van der Waals surface area contributed by atoms with Crippen LogP contribution in [0.25, 0.3) is 0 Å². The summed E-state index contributed by atoms with van der Waals surface area (Å²) in [5.41, 5.74) is 1.20. The van der Waals surface area contributed by atoms with Crippen LogP contribution in [0.3, 0.4) is 0 Å². The summed E-state index contributed by atoms with van der Waals surface area (Å²) < 4.78 is 13.7. The Balaban J connectivity index is 2.39. The minimum absolute atomic E-state index is 0.0826. The number of halogens is 1. The maximum Gasteiger partial charge on any atom is 0.270 e. The van der Waals surface area contributed by atoms with Crippen LogP contribution in [0.4, 0.5) is 21.5 Å². The van der Waals surface area contributed by atoms with Gasteiger partial charge in [0.25, 0.3) is 5.69 Å². The van der Waals surface area contributed by atoms with Gasteiger partial charge in [-0.25, -0.2) is 4.39 Å². The van der Waals surface area contributed by atoms with Gasteiger partial charge in [-0.2, -0.15) is 5.26 Å². The molecule has 0 saturated heterocycles. The normalized spacial score (nSPS) is 9.85. The Hall–Kier alpha value is -2.94. The van der Waals surface area contributed by atoms with Crippen molar-refractivity contribution in [3.8, 4) is 6.07 Å². The fourth-order valence-electron chi connectivity index (χ4n) is 1.71. The van der Waals surface area contributed by atoms with Crippen LogP contribution in [-0.4, -0.2) is 4.92 Å². The van der Waals surface area contributed by atoms with Crippen molar-refractivity contribution in [1.82, 2.24) is 0 Å². The van der Waals surface area contributed by atoms with E-state index in [4.69, 9.17) is 5.26 Å². The van der Waals surface area contributed by atoms with Crippen molar-refractivity contribution in [2.24, 2.45) is 0 Å². The van der Waals surface area contributed by atoms with E-state index in [2.05, 4.69) is 5.32 Å². The van der Waals surface area contributed by atoms with Gasteiger partial charge in [0.1, 0.15) is 11.9 Å². The largest absolute Gasteiger partial charge is 0.352 e. The van der Waals surface area contributed by atoms with Gasteiger partial charge in [-0.3, -0.25) is 10.1 Å². The fraction of sp³-hybridized carbons (Fsp3) is 0.0714. The van der Waals surface area contributed by atoms with Crippen LogP contribution in [0.5, 0.6) is 0 Å². The van der Waals surface area contributed by atoms with E-state index < -0.39 is 10.7 Å². The fourth-order valence-corrected chi connectivity index (χ4v) is 1.71. The maximum atomic E-state index is 13.7. The molecule has 100 valence electrons. The van der Waals surface area contributed by atoms with Crippen molar-refractivity contribution < 1.29 is 9.31 Å². The van der Waals surface area contributed by atoms with Crippen molar-refractivity contribution in [2.45, 2.75) is 6.92 Å². The highest BCUT2D eigenvalue weighted by Crippen LogP contribution is 2.26. The van der Waals surface area contributed by atoms with E-state index in [0.29, 0.717) is 5.69 Å². The molecule has 1 N–H and O–H groups in total. The summed E-state index contributed by atoms with van der Waals surface area (Å²) in [5.74, 6) is -0.452. The Morgan fingerprint density at radius 3 is 2.55 bits per heavy atom. The molecule has 2 aromatic carbocycles. The standard InChI is InChI=1S/C14H10FN3O2/c1-9-2-4-14(12(15)6-9)17-13-5-3-11(18(19)20)7-10(13)8-16/h2-7,17H,1H3. The first-order valence-electron chi connectivity index (χ1n) is 5.73. The molecule has 5 nitrogen and oxygen atoms in total. The molecule has 0 saturated carbocycles. The summed E-state index contributed by atoms with van der Waals surface area (Å²) in [6, 6.07) is 10.3. The lowest BCUT2D eigenvalue weighted by atomic mass is 10.1. The summed E-state index contributed by atoms with van der Waals surface area (Å²) in [5, 5.41) is 22.4. The predicted octanol–water partition coefficient (Wildman–Crippen LogP) is 3.66. The van der Waals surface area contributed by atoms with Crippen LogP contribution in [0.1, 0.15) is 11.1 Å². The quantitative estimate of drug-likeness (QED) is 0.682. The molecule has 0 aliphatic rings. The number of rotatable bonds is 3. The van der Waals surface area contributed by atoms with Gasteiger partial charge >= 0.3 is 0 Å². The monoisotopic (exact) mass is 271 g/mol. The minimum Gasteiger partial charge on any atom is -0.352 e. The zero-order valence-electron chi connectivity index (χ0n) is 10.6. The molecule has 6 heteroatoms. The van der Waals surface area contributed by atoms with E-state index in [1.165, 1.54) is 18.2 Å². The zero-order chi connectivity index (χ0) is 14.7. The summed E-state index contributed by atoms with van der Waals surface area (Å²) in [6.45, 7) is 1.76. The molecule has 0 fully saturated rings. The molecule has 0 aliphatic carbocycles. The Kier molecular flexibility index (Phi) is 3.62. The third-order valence-corrected chi connectivity index (χ3v) is 2.73. The number of nitro benzene ring substituents is 1. The molecule has 0 spiro atoms. The Morgan fingerprint density at radius 1 is 1.25 bits per heavy atom. The van der Waals surface area contributed by atoms with Crippen molar-refractivity contribution in [3.63, 3.8) is 0 Å². The highest BCUT2D eigenvalue weighted by molar-refractivity contribution is 5.68. The van der Waals surface area contributed by atoms with Gasteiger partial charge in [0.2, 0.25) is 0 Å². The van der Waals surface area contributed by atoms with E-state index in [1.54, 1.807) is 19.1 Å². The molecule has 0 aromatic heterocycles. The van der Waals surface area contributed by atoms with Gasteiger partial charge in [-0.15, -0.1) is 0 Å². The third kappa shape index (κ3) is 2.72. The summed E-state index contributed by atoms with van der Waals surface area (Å²) in [7, 11) is 0. The number of hydrogen-bond acceptors (Lipinski definition) is 4. The Morgan fingerprint density at radius 2 is 1.95 bits per heavy atom. The second-order valence-electron chi connectivity index (χ2n) is 4.21. The lowest BCUT2D eigenvalue weighted by Crippen LogP contribution is -1.98. The number of nitro groups is 1. The smallest absolute Gasteiger partial charge is 0.270 e. The number of nitrogens with one attached hydrogen (secondary N) is 1. The molecule has 0 radical (unpaired) electrons. The molecule has 0 bridgehead atoms. The molecule has 0 amide bonds. The topological polar surface area (TPSA) is 79.0 Å². The molecular formula is C14H10FN3O2. The van der Waals surface area contributed by atoms with E-state index in [9.17, 15) is 14.5 Å². The first-order chi connectivity index (χ1) is 9.51. The third-order valence-electron chi connectivity index (χ3n) is 2.73. The molecule has 0 atom stereocenters. The summed E-state index contributed by atoms with van der Waals surface area (Å²) in [4.78, 5) is 10.1. The van der Waals surface area contributed by atoms with Crippen LogP contribution in [0, 0.1) is 34.2 Å². The van der Waals surface area contributed by atoms with Crippen molar-refractivity contribution in [3.05, 3.63) is 63.5 Å². The molecule has 0 heterocycles. The number of aryl methyl sites for hydroxylation is 1. The highest BCUT2D eigenvalue weighted by atomic mass is 19.1. The molecule has 0 aliphatic heterocycles. The van der Waals surface area contributed by atoms with Crippen LogP contribution >= 0.6 is 0 Å². The number of non-ortho nitro benzene ring substituents is 1. The lowest BCUT2D eigenvalue weighted by molar-refractivity contribution is -0.384. The van der Waals surface area contributed by atoms with E-state index in [0.717, 1.165) is 11.6 Å². The maximum absolute atomic E-state index is 13.7. The number of nitrogens with zero attached hydrogens (tertiary/aromatic N) is 2. The van der Waals surface area contributed by atoms with Crippen LogP contribution < -0.4 is 5.32 Å². The molecule has 0 unspecified atom stereocenters. The minimum atomic E-state index is -0.586. The van der Waals surface area contributed by atoms with Crippen LogP contribution in [-0.2, 0) is 0 Å². The van der Waals surface area contributed by atoms with Gasteiger partial charge in [-0.05, 0) is 30.7 Å². The van der Waals surface area contributed by atoms with E-state index in [-0.39, 0.29) is 16.9 Å². The van der Waals surface area contributed by atoms with Gasteiger partial charge in [-0.1, -0.05) is 6.07 Å².